The van der Waals surface area contributed by atoms with E-state index in [-0.39, 0.29) is 12.5 Å². The van der Waals surface area contributed by atoms with Crippen LogP contribution in [0.1, 0.15) is 26.7 Å². The van der Waals surface area contributed by atoms with Gasteiger partial charge in [0.15, 0.2) is 12.7 Å². The molecule has 0 fully saturated rings. The summed E-state index contributed by atoms with van der Waals surface area (Å²) in [6.45, 7) is 3.84. The van der Waals surface area contributed by atoms with Crippen LogP contribution in [-0.2, 0) is 14.3 Å². The first-order chi connectivity index (χ1) is 10.0. The molecule has 1 aromatic carbocycles. The Morgan fingerprint density at radius 3 is 2.71 bits per heavy atom. The van der Waals surface area contributed by atoms with Gasteiger partial charge in [-0.25, -0.2) is 4.79 Å². The molecule has 0 aromatic heterocycles. The summed E-state index contributed by atoms with van der Waals surface area (Å²) in [5.41, 5.74) is 6.12. The second kappa shape index (κ2) is 8.84. The van der Waals surface area contributed by atoms with Crippen molar-refractivity contribution in [2.24, 2.45) is 0 Å². The molecule has 0 saturated carbocycles. The van der Waals surface area contributed by atoms with Crippen molar-refractivity contribution in [1.82, 2.24) is 5.32 Å². The average Bonchev–Trinajstić information content (AvgIpc) is 2.46. The predicted octanol–water partition coefficient (Wildman–Crippen LogP) is 1.50. The molecule has 21 heavy (non-hydrogen) atoms. The van der Waals surface area contributed by atoms with Crippen molar-refractivity contribution in [1.29, 1.82) is 0 Å². The van der Waals surface area contributed by atoms with Gasteiger partial charge in [0.05, 0.1) is 5.69 Å². The summed E-state index contributed by atoms with van der Waals surface area (Å²) < 4.78 is 10.2. The van der Waals surface area contributed by atoms with Gasteiger partial charge in [-0.3, -0.25) is 4.79 Å². The summed E-state index contributed by atoms with van der Waals surface area (Å²) in [6.07, 6.45) is 1.04. The molecule has 1 aromatic rings. The number of nitrogens with two attached hydrogens (primary N) is 1. The van der Waals surface area contributed by atoms with Crippen molar-refractivity contribution in [3.05, 3.63) is 24.3 Å². The Hall–Kier alpha value is -2.24. The zero-order chi connectivity index (χ0) is 15.7. The van der Waals surface area contributed by atoms with Crippen molar-refractivity contribution in [3.8, 4) is 5.75 Å². The van der Waals surface area contributed by atoms with Crippen LogP contribution >= 0.6 is 0 Å². The lowest BCUT2D eigenvalue weighted by Crippen LogP contribution is -2.37. The van der Waals surface area contributed by atoms with Gasteiger partial charge in [0.25, 0.3) is 5.91 Å². The van der Waals surface area contributed by atoms with Gasteiger partial charge in [0, 0.05) is 6.54 Å². The SMILES string of the molecule is CCCCNC(=O)C(C)OC(=O)COc1ccccc1N. The maximum absolute atomic E-state index is 11.6. The van der Waals surface area contributed by atoms with E-state index in [4.69, 9.17) is 15.2 Å². The maximum atomic E-state index is 11.6. The molecule has 0 aliphatic carbocycles. The summed E-state index contributed by atoms with van der Waals surface area (Å²) in [5, 5.41) is 2.69. The second-order valence-corrected chi connectivity index (χ2v) is 4.60. The van der Waals surface area contributed by atoms with Gasteiger partial charge in [-0.15, -0.1) is 0 Å². The van der Waals surface area contributed by atoms with Gasteiger partial charge in [-0.05, 0) is 25.5 Å². The number of para-hydroxylation sites is 2. The highest BCUT2D eigenvalue weighted by atomic mass is 16.6. The van der Waals surface area contributed by atoms with Gasteiger partial charge in [0.2, 0.25) is 0 Å². The van der Waals surface area contributed by atoms with Crippen LogP contribution in [-0.4, -0.2) is 31.1 Å². The molecular formula is C15H22N2O4. The van der Waals surface area contributed by atoms with Crippen molar-refractivity contribution in [2.45, 2.75) is 32.8 Å². The molecule has 0 bridgehead atoms. The Morgan fingerprint density at radius 1 is 1.33 bits per heavy atom. The van der Waals surface area contributed by atoms with Gasteiger partial charge in [-0.2, -0.15) is 0 Å². The van der Waals surface area contributed by atoms with Gasteiger partial charge >= 0.3 is 5.97 Å². The van der Waals surface area contributed by atoms with E-state index in [1.165, 1.54) is 6.92 Å². The molecule has 0 spiro atoms. The number of nitrogens with one attached hydrogen (secondary N) is 1. The Kier molecular flexibility index (Phi) is 7.08. The van der Waals surface area contributed by atoms with Gasteiger partial charge in [-0.1, -0.05) is 25.5 Å². The van der Waals surface area contributed by atoms with Crippen LogP contribution in [0, 0.1) is 0 Å². The molecule has 0 heterocycles. The van der Waals surface area contributed by atoms with E-state index < -0.39 is 12.1 Å². The number of hydrogen-bond acceptors (Lipinski definition) is 5. The van der Waals surface area contributed by atoms with Crippen LogP contribution in [0.5, 0.6) is 5.75 Å². The van der Waals surface area contributed by atoms with Crippen molar-refractivity contribution in [3.63, 3.8) is 0 Å². The third-order valence-electron chi connectivity index (χ3n) is 2.77. The molecule has 0 saturated heterocycles. The second-order valence-electron chi connectivity index (χ2n) is 4.60. The number of rotatable bonds is 8. The average molecular weight is 294 g/mol. The molecule has 1 unspecified atom stereocenters. The van der Waals surface area contributed by atoms with E-state index in [0.717, 1.165) is 12.8 Å². The quantitative estimate of drug-likeness (QED) is 0.431. The normalized spacial score (nSPS) is 11.5. The molecule has 0 aliphatic rings. The zero-order valence-electron chi connectivity index (χ0n) is 12.4. The number of benzene rings is 1. The number of hydrogen-bond donors (Lipinski definition) is 2. The van der Waals surface area contributed by atoms with E-state index in [9.17, 15) is 9.59 Å². The molecule has 1 amide bonds. The predicted molar refractivity (Wildman–Crippen MR) is 79.8 cm³/mol. The summed E-state index contributed by atoms with van der Waals surface area (Å²) in [5.74, 6) is -0.512. The van der Waals surface area contributed by atoms with E-state index in [2.05, 4.69) is 5.32 Å². The van der Waals surface area contributed by atoms with Crippen molar-refractivity contribution < 1.29 is 19.1 Å². The number of esters is 1. The highest BCUT2D eigenvalue weighted by Crippen LogP contribution is 2.19. The largest absolute Gasteiger partial charge is 0.480 e. The summed E-state index contributed by atoms with van der Waals surface area (Å²) in [7, 11) is 0. The minimum atomic E-state index is -0.842. The Balaban J connectivity index is 2.33. The van der Waals surface area contributed by atoms with E-state index in [1.807, 2.05) is 6.92 Å². The molecule has 6 heteroatoms. The lowest BCUT2D eigenvalue weighted by Gasteiger charge is -2.14. The third kappa shape index (κ3) is 6.16. The van der Waals surface area contributed by atoms with Crippen LogP contribution < -0.4 is 15.8 Å². The topological polar surface area (TPSA) is 90.6 Å². The molecular weight excluding hydrogens is 272 g/mol. The number of ether oxygens (including phenoxy) is 2. The van der Waals surface area contributed by atoms with Gasteiger partial charge in [0.1, 0.15) is 5.75 Å². The summed E-state index contributed by atoms with van der Waals surface area (Å²) >= 11 is 0. The first-order valence-electron chi connectivity index (χ1n) is 6.99. The van der Waals surface area contributed by atoms with Crippen LogP contribution in [0.15, 0.2) is 24.3 Å². The monoisotopic (exact) mass is 294 g/mol. The Morgan fingerprint density at radius 2 is 2.05 bits per heavy atom. The fraction of sp³-hybridized carbons (Fsp3) is 0.467. The summed E-state index contributed by atoms with van der Waals surface area (Å²) in [6, 6.07) is 6.85. The first kappa shape index (κ1) is 16.8. The zero-order valence-corrected chi connectivity index (χ0v) is 12.4. The third-order valence-corrected chi connectivity index (χ3v) is 2.77. The number of amides is 1. The van der Waals surface area contributed by atoms with Crippen molar-refractivity contribution >= 4 is 17.6 Å². The molecule has 3 N–H and O–H groups in total. The van der Waals surface area contributed by atoms with E-state index in [1.54, 1.807) is 24.3 Å². The van der Waals surface area contributed by atoms with Crippen molar-refractivity contribution in [2.75, 3.05) is 18.9 Å². The Bertz CT molecular complexity index is 476. The van der Waals surface area contributed by atoms with Crippen LogP contribution in [0.25, 0.3) is 0 Å². The molecule has 116 valence electrons. The minimum Gasteiger partial charge on any atom is -0.480 e. The standard InChI is InChI=1S/C15H22N2O4/c1-3-4-9-17-15(19)11(2)21-14(18)10-20-13-8-6-5-7-12(13)16/h5-8,11H,3-4,9-10,16H2,1-2H3,(H,17,19). The maximum Gasteiger partial charge on any atom is 0.344 e. The molecule has 6 nitrogen and oxygen atoms in total. The highest BCUT2D eigenvalue weighted by Gasteiger charge is 2.17. The lowest BCUT2D eigenvalue weighted by atomic mass is 10.3. The number of carbonyl (C=O) groups is 2. The van der Waals surface area contributed by atoms with E-state index in [0.29, 0.717) is 18.0 Å². The first-order valence-corrected chi connectivity index (χ1v) is 6.99. The molecule has 1 rings (SSSR count). The number of unbranched alkanes of at least 4 members (excludes halogenated alkanes) is 1. The molecule has 0 aliphatic heterocycles. The minimum absolute atomic E-state index is 0.291. The van der Waals surface area contributed by atoms with E-state index >= 15 is 0 Å². The lowest BCUT2D eigenvalue weighted by molar-refractivity contribution is -0.156. The fourth-order valence-corrected chi connectivity index (χ4v) is 1.57. The highest BCUT2D eigenvalue weighted by molar-refractivity contribution is 5.83. The fourth-order valence-electron chi connectivity index (χ4n) is 1.57. The van der Waals surface area contributed by atoms with Crippen LogP contribution in [0.3, 0.4) is 0 Å². The van der Waals surface area contributed by atoms with Crippen LogP contribution in [0.4, 0.5) is 5.69 Å². The number of anilines is 1. The smallest absolute Gasteiger partial charge is 0.344 e. The van der Waals surface area contributed by atoms with Gasteiger partial charge < -0.3 is 20.5 Å². The summed E-state index contributed by atoms with van der Waals surface area (Å²) in [4.78, 5) is 23.2. The number of carbonyl (C=O) groups excluding carboxylic acids is 2. The van der Waals surface area contributed by atoms with Crippen LogP contribution in [0.2, 0.25) is 0 Å². The molecule has 0 radical (unpaired) electrons. The Labute approximate surface area is 124 Å². The number of nitrogen functional groups attached to an aromatic ring is 1. The molecule has 1 atom stereocenters.